The lowest BCUT2D eigenvalue weighted by atomic mass is 10.3. The normalized spacial score (nSPS) is 17.5. The highest BCUT2D eigenvalue weighted by atomic mass is 35.5. The molecule has 23 heavy (non-hydrogen) atoms. The number of aromatic nitrogens is 1. The third-order valence-corrected chi connectivity index (χ3v) is 3.51. The predicted octanol–water partition coefficient (Wildman–Crippen LogP) is 2.45. The van der Waals surface area contributed by atoms with Crippen LogP contribution in [0.1, 0.15) is 0 Å². The summed E-state index contributed by atoms with van der Waals surface area (Å²) in [6.07, 6.45) is 1.06. The summed E-state index contributed by atoms with van der Waals surface area (Å²) in [5.41, 5.74) is 0.590. The van der Waals surface area contributed by atoms with Crippen molar-refractivity contribution in [2.45, 2.75) is 6.10 Å². The molecule has 0 saturated carbocycles. The summed E-state index contributed by atoms with van der Waals surface area (Å²) in [6.45, 7) is 1.81. The first kappa shape index (κ1) is 15.7. The van der Waals surface area contributed by atoms with E-state index in [0.29, 0.717) is 35.5 Å². The molecular formula is C16H16ClN3O3. The molecule has 1 aliphatic heterocycles. The first-order valence-corrected chi connectivity index (χ1v) is 7.61. The fourth-order valence-corrected chi connectivity index (χ4v) is 2.22. The molecule has 1 aromatic carbocycles. The monoisotopic (exact) mass is 333 g/mol. The van der Waals surface area contributed by atoms with Crippen LogP contribution in [-0.4, -0.2) is 36.7 Å². The number of carbonyl (C=O) groups is 1. The van der Waals surface area contributed by atoms with Crippen molar-refractivity contribution in [1.29, 1.82) is 0 Å². The van der Waals surface area contributed by atoms with Gasteiger partial charge < -0.3 is 20.1 Å². The first-order chi connectivity index (χ1) is 11.2. The van der Waals surface area contributed by atoms with Gasteiger partial charge in [0.15, 0.2) is 0 Å². The van der Waals surface area contributed by atoms with Gasteiger partial charge in [-0.2, -0.15) is 0 Å². The van der Waals surface area contributed by atoms with E-state index in [1.807, 2.05) is 0 Å². The molecule has 1 atom stereocenters. The summed E-state index contributed by atoms with van der Waals surface area (Å²) in [7, 11) is 0. The van der Waals surface area contributed by atoms with Gasteiger partial charge in [-0.05, 0) is 30.3 Å². The van der Waals surface area contributed by atoms with E-state index in [4.69, 9.17) is 21.1 Å². The molecule has 120 valence electrons. The van der Waals surface area contributed by atoms with Crippen LogP contribution < -0.4 is 15.4 Å². The van der Waals surface area contributed by atoms with Gasteiger partial charge in [0.1, 0.15) is 11.9 Å². The summed E-state index contributed by atoms with van der Waals surface area (Å²) in [5, 5.41) is 6.52. The zero-order valence-corrected chi connectivity index (χ0v) is 13.0. The van der Waals surface area contributed by atoms with Gasteiger partial charge in [0.05, 0.1) is 18.5 Å². The Kier molecular flexibility index (Phi) is 5.07. The molecule has 2 aromatic rings. The zero-order valence-electron chi connectivity index (χ0n) is 12.3. The van der Waals surface area contributed by atoms with E-state index in [-0.39, 0.29) is 5.91 Å². The van der Waals surface area contributed by atoms with E-state index in [2.05, 4.69) is 15.6 Å². The van der Waals surface area contributed by atoms with Crippen LogP contribution in [0, 0.1) is 0 Å². The molecule has 2 heterocycles. The van der Waals surface area contributed by atoms with Crippen molar-refractivity contribution in [2.75, 3.05) is 25.0 Å². The van der Waals surface area contributed by atoms with Crippen molar-refractivity contribution in [2.24, 2.45) is 0 Å². The second kappa shape index (κ2) is 7.41. The molecule has 0 aliphatic carbocycles. The van der Waals surface area contributed by atoms with Crippen molar-refractivity contribution in [1.82, 2.24) is 10.3 Å². The van der Waals surface area contributed by atoms with Crippen LogP contribution in [-0.2, 0) is 9.53 Å². The molecule has 1 unspecified atom stereocenters. The van der Waals surface area contributed by atoms with Crippen LogP contribution >= 0.6 is 11.6 Å². The minimum atomic E-state index is -0.478. The number of rotatable bonds is 4. The van der Waals surface area contributed by atoms with Crippen LogP contribution in [0.3, 0.4) is 0 Å². The Labute approximate surface area is 138 Å². The average Bonchev–Trinajstić information content (AvgIpc) is 2.59. The second-order valence-electron chi connectivity index (χ2n) is 4.99. The van der Waals surface area contributed by atoms with Crippen LogP contribution in [0.4, 0.5) is 5.69 Å². The smallest absolute Gasteiger partial charge is 0.254 e. The maximum atomic E-state index is 12.0. The summed E-state index contributed by atoms with van der Waals surface area (Å²) >= 11 is 5.82. The lowest BCUT2D eigenvalue weighted by Crippen LogP contribution is -2.45. The van der Waals surface area contributed by atoms with E-state index >= 15 is 0 Å². The Morgan fingerprint density at radius 3 is 2.78 bits per heavy atom. The Hall–Kier alpha value is -2.15. The third-order valence-electron chi connectivity index (χ3n) is 3.26. The highest BCUT2D eigenvalue weighted by molar-refractivity contribution is 6.30. The van der Waals surface area contributed by atoms with E-state index < -0.39 is 6.10 Å². The molecular weight excluding hydrogens is 318 g/mol. The lowest BCUT2D eigenvalue weighted by molar-refractivity contribution is -0.128. The van der Waals surface area contributed by atoms with Crippen molar-refractivity contribution in [3.05, 3.63) is 47.6 Å². The Morgan fingerprint density at radius 1 is 1.30 bits per heavy atom. The molecule has 1 aliphatic rings. The fourth-order valence-electron chi connectivity index (χ4n) is 2.09. The van der Waals surface area contributed by atoms with E-state index in [0.717, 1.165) is 6.54 Å². The van der Waals surface area contributed by atoms with Crippen LogP contribution in [0.5, 0.6) is 11.6 Å². The molecule has 1 amide bonds. The molecule has 1 fully saturated rings. The fraction of sp³-hybridized carbons (Fsp3) is 0.250. The minimum absolute atomic E-state index is 0.189. The number of carbonyl (C=O) groups excluding carboxylic acids is 1. The molecule has 6 nitrogen and oxygen atoms in total. The lowest BCUT2D eigenvalue weighted by Gasteiger charge is -2.22. The number of hydrogen-bond acceptors (Lipinski definition) is 5. The van der Waals surface area contributed by atoms with Gasteiger partial charge in [0.25, 0.3) is 5.91 Å². The molecule has 7 heteroatoms. The SMILES string of the molecule is O=C(Nc1ccc(Oc2ccc(Cl)cc2)nc1)C1CNCCO1. The van der Waals surface area contributed by atoms with Crippen LogP contribution in [0.25, 0.3) is 0 Å². The number of benzene rings is 1. The number of pyridine rings is 1. The van der Waals surface area contributed by atoms with Gasteiger partial charge in [0, 0.05) is 24.2 Å². The largest absolute Gasteiger partial charge is 0.439 e. The van der Waals surface area contributed by atoms with Gasteiger partial charge in [0.2, 0.25) is 5.88 Å². The summed E-state index contributed by atoms with van der Waals surface area (Å²) in [5.74, 6) is 0.881. The van der Waals surface area contributed by atoms with Crippen molar-refractivity contribution < 1.29 is 14.3 Å². The molecule has 0 spiro atoms. The number of nitrogens with zero attached hydrogens (tertiary/aromatic N) is 1. The average molecular weight is 334 g/mol. The maximum absolute atomic E-state index is 12.0. The van der Waals surface area contributed by atoms with Crippen LogP contribution in [0.2, 0.25) is 5.02 Å². The number of ether oxygens (including phenoxy) is 2. The predicted molar refractivity (Wildman–Crippen MR) is 87.0 cm³/mol. The van der Waals surface area contributed by atoms with Gasteiger partial charge in [-0.3, -0.25) is 4.79 Å². The molecule has 0 bridgehead atoms. The zero-order chi connectivity index (χ0) is 16.1. The van der Waals surface area contributed by atoms with Crippen molar-refractivity contribution in [3.8, 4) is 11.6 Å². The summed E-state index contributed by atoms with van der Waals surface area (Å²) in [6, 6.07) is 10.4. The van der Waals surface area contributed by atoms with Crippen LogP contribution in [0.15, 0.2) is 42.6 Å². The van der Waals surface area contributed by atoms with Gasteiger partial charge in [-0.25, -0.2) is 4.98 Å². The Balaban J connectivity index is 1.58. The minimum Gasteiger partial charge on any atom is -0.439 e. The van der Waals surface area contributed by atoms with Gasteiger partial charge in [-0.15, -0.1) is 0 Å². The molecule has 2 N–H and O–H groups in total. The number of anilines is 1. The topological polar surface area (TPSA) is 72.5 Å². The van der Waals surface area contributed by atoms with Gasteiger partial charge >= 0.3 is 0 Å². The third kappa shape index (κ3) is 4.41. The first-order valence-electron chi connectivity index (χ1n) is 7.23. The Morgan fingerprint density at radius 2 is 2.13 bits per heavy atom. The highest BCUT2D eigenvalue weighted by Crippen LogP contribution is 2.22. The van der Waals surface area contributed by atoms with Gasteiger partial charge in [-0.1, -0.05) is 11.6 Å². The van der Waals surface area contributed by atoms with Crippen molar-refractivity contribution in [3.63, 3.8) is 0 Å². The molecule has 0 radical (unpaired) electrons. The van der Waals surface area contributed by atoms with Crippen molar-refractivity contribution >= 4 is 23.2 Å². The quantitative estimate of drug-likeness (QED) is 0.899. The number of morpholine rings is 1. The molecule has 1 aromatic heterocycles. The number of hydrogen-bond donors (Lipinski definition) is 2. The number of halogens is 1. The summed E-state index contributed by atoms with van der Waals surface area (Å²) < 4.78 is 11.0. The number of amides is 1. The van der Waals surface area contributed by atoms with E-state index in [9.17, 15) is 4.79 Å². The standard InChI is InChI=1S/C16H16ClN3O3/c17-11-1-4-13(5-2-11)23-15-6-3-12(9-19-15)20-16(21)14-10-18-7-8-22-14/h1-6,9,14,18H,7-8,10H2,(H,20,21). The van der Waals surface area contributed by atoms with E-state index in [1.54, 1.807) is 42.6 Å². The highest BCUT2D eigenvalue weighted by Gasteiger charge is 2.21. The number of nitrogens with one attached hydrogen (secondary N) is 2. The molecule has 1 saturated heterocycles. The van der Waals surface area contributed by atoms with E-state index in [1.165, 1.54) is 0 Å². The summed E-state index contributed by atoms with van der Waals surface area (Å²) in [4.78, 5) is 16.2. The Bertz CT molecular complexity index is 655. The maximum Gasteiger partial charge on any atom is 0.254 e. The second-order valence-corrected chi connectivity index (χ2v) is 5.43. The molecule has 3 rings (SSSR count).